The molecule has 0 aliphatic heterocycles. The van der Waals surface area contributed by atoms with E-state index in [0.717, 1.165) is 31.2 Å². The van der Waals surface area contributed by atoms with Gasteiger partial charge in [0.05, 0.1) is 11.7 Å². The fourth-order valence-corrected chi connectivity index (χ4v) is 6.71. The fraction of sp³-hybridized carbons (Fsp3) is 0.480. The lowest BCUT2D eigenvalue weighted by Gasteiger charge is -2.50. The summed E-state index contributed by atoms with van der Waals surface area (Å²) in [6.45, 7) is 1.77. The molecule has 0 heterocycles. The van der Waals surface area contributed by atoms with Gasteiger partial charge in [-0.2, -0.15) is 0 Å². The Kier molecular flexibility index (Phi) is 4.93. The predicted molar refractivity (Wildman–Crippen MR) is 119 cm³/mol. The third kappa shape index (κ3) is 2.71. The Morgan fingerprint density at radius 3 is 2.38 bits per heavy atom. The van der Waals surface area contributed by atoms with Crippen molar-refractivity contribution in [3.8, 4) is 5.75 Å². The number of aliphatic hydroxyl groups is 4. The predicted octanol–water partition coefficient (Wildman–Crippen LogP) is 1.61. The smallest absolute Gasteiger partial charge is 0.255 e. The number of Topliss-reactive ketones (excluding diaryl/α,β-unsaturated/α-hetero) is 2. The topological polar surface area (TPSA) is 178 Å². The summed E-state index contributed by atoms with van der Waals surface area (Å²) in [6, 6.07) is 3.27. The molecule has 1 aromatic carbocycles. The molecule has 0 radical (unpaired) electrons. The average molecular weight is 469 g/mol. The summed E-state index contributed by atoms with van der Waals surface area (Å²) >= 11 is 0. The van der Waals surface area contributed by atoms with Gasteiger partial charge in [-0.15, -0.1) is 0 Å². The monoisotopic (exact) mass is 469 g/mol. The largest absolute Gasteiger partial charge is 0.508 e. The second-order valence-electron chi connectivity index (χ2n) is 9.93. The van der Waals surface area contributed by atoms with Crippen molar-refractivity contribution in [3.05, 3.63) is 45.7 Å². The zero-order chi connectivity index (χ0) is 24.7. The molecule has 2 fully saturated rings. The van der Waals surface area contributed by atoms with E-state index in [1.807, 2.05) is 6.07 Å². The third-order valence-electron chi connectivity index (χ3n) is 8.31. The highest BCUT2D eigenvalue weighted by Gasteiger charge is 2.65. The van der Waals surface area contributed by atoms with Crippen molar-refractivity contribution in [2.45, 2.75) is 62.6 Å². The second kappa shape index (κ2) is 7.41. The van der Waals surface area contributed by atoms with E-state index in [1.165, 1.54) is 6.07 Å². The van der Waals surface area contributed by atoms with E-state index in [9.17, 15) is 39.9 Å². The maximum absolute atomic E-state index is 13.6. The number of primary amides is 1. The molecule has 0 bridgehead atoms. The van der Waals surface area contributed by atoms with Gasteiger partial charge in [-0.05, 0) is 41.9 Å². The van der Waals surface area contributed by atoms with Gasteiger partial charge >= 0.3 is 0 Å². The van der Waals surface area contributed by atoms with Gasteiger partial charge in [0.1, 0.15) is 22.8 Å². The molecule has 180 valence electrons. The van der Waals surface area contributed by atoms with Crippen molar-refractivity contribution < 1.29 is 39.9 Å². The minimum atomic E-state index is -2.81. The molecule has 0 unspecified atom stereocenters. The Hall–Kier alpha value is -3.17. The van der Waals surface area contributed by atoms with Crippen LogP contribution in [0.1, 0.15) is 67.6 Å². The summed E-state index contributed by atoms with van der Waals surface area (Å²) < 4.78 is 0. The van der Waals surface area contributed by atoms with Crippen LogP contribution < -0.4 is 5.73 Å². The molecule has 0 spiro atoms. The number of rotatable bonds is 2. The number of amides is 1. The Bertz CT molecular complexity index is 1210. The molecule has 0 saturated heterocycles. The van der Waals surface area contributed by atoms with Crippen molar-refractivity contribution in [3.63, 3.8) is 0 Å². The van der Waals surface area contributed by atoms with E-state index in [2.05, 4.69) is 0 Å². The van der Waals surface area contributed by atoms with E-state index in [1.54, 1.807) is 6.92 Å². The van der Waals surface area contributed by atoms with E-state index in [4.69, 9.17) is 5.73 Å². The number of nitrogens with two attached hydrogens (primary N) is 1. The van der Waals surface area contributed by atoms with Gasteiger partial charge in [0.15, 0.2) is 11.4 Å². The number of phenols is 1. The second-order valence-corrected chi connectivity index (χ2v) is 9.93. The van der Waals surface area contributed by atoms with Crippen molar-refractivity contribution in [2.75, 3.05) is 0 Å². The summed E-state index contributed by atoms with van der Waals surface area (Å²) in [7, 11) is 0. The van der Waals surface area contributed by atoms with Gasteiger partial charge in [0.25, 0.3) is 5.91 Å². The number of carbonyl (C=O) groups is 3. The molecule has 34 heavy (non-hydrogen) atoms. The fourth-order valence-electron chi connectivity index (χ4n) is 6.71. The summed E-state index contributed by atoms with van der Waals surface area (Å²) in [5.41, 5.74) is 2.77. The molecule has 5 atom stereocenters. The first kappa shape index (κ1) is 22.6. The molecule has 7 N–H and O–H groups in total. The first-order chi connectivity index (χ1) is 16.0. The summed E-state index contributed by atoms with van der Waals surface area (Å²) in [4.78, 5) is 37.9. The molecule has 2 saturated carbocycles. The SMILES string of the molecule is C[C@H]1c2c(C3CCCC3)ccc(O)c2C(O)=C2C(=O)[C@]3(O)C(O)=C(C(N)=O)C(=O)C[C@@H]3[C@@H](O)[C@@H]21. The number of phenolic OH excluding ortho intramolecular Hbond substituents is 1. The molecular weight excluding hydrogens is 442 g/mol. The van der Waals surface area contributed by atoms with Crippen LogP contribution >= 0.6 is 0 Å². The minimum Gasteiger partial charge on any atom is -0.508 e. The van der Waals surface area contributed by atoms with Crippen LogP contribution in [-0.2, 0) is 14.4 Å². The van der Waals surface area contributed by atoms with Crippen LogP contribution in [0.25, 0.3) is 5.76 Å². The molecule has 4 aliphatic carbocycles. The van der Waals surface area contributed by atoms with Gasteiger partial charge < -0.3 is 31.3 Å². The molecule has 1 amide bonds. The number of carbonyl (C=O) groups excluding carboxylic acids is 3. The maximum atomic E-state index is 13.6. The molecule has 1 aromatic rings. The maximum Gasteiger partial charge on any atom is 0.255 e. The van der Waals surface area contributed by atoms with Gasteiger partial charge in [-0.1, -0.05) is 25.8 Å². The zero-order valence-electron chi connectivity index (χ0n) is 18.6. The summed E-state index contributed by atoms with van der Waals surface area (Å²) in [5.74, 6) is -8.14. The van der Waals surface area contributed by atoms with Crippen molar-refractivity contribution >= 4 is 23.2 Å². The van der Waals surface area contributed by atoms with Gasteiger partial charge in [-0.25, -0.2) is 0 Å². The Labute approximate surface area is 195 Å². The summed E-state index contributed by atoms with van der Waals surface area (Å²) in [5, 5.41) is 55.3. The zero-order valence-corrected chi connectivity index (χ0v) is 18.6. The van der Waals surface area contributed by atoms with Crippen LogP contribution in [0, 0.1) is 11.8 Å². The van der Waals surface area contributed by atoms with Crippen LogP contribution in [0.15, 0.2) is 29.0 Å². The first-order valence-electron chi connectivity index (χ1n) is 11.5. The molecule has 9 nitrogen and oxygen atoms in total. The van der Waals surface area contributed by atoms with E-state index >= 15 is 0 Å². The lowest BCUT2D eigenvalue weighted by Crippen LogP contribution is -2.64. The van der Waals surface area contributed by atoms with Crippen LogP contribution in [0.5, 0.6) is 5.75 Å². The van der Waals surface area contributed by atoms with E-state index in [0.29, 0.717) is 5.56 Å². The minimum absolute atomic E-state index is 0.0660. The van der Waals surface area contributed by atoms with Gasteiger partial charge in [-0.3, -0.25) is 14.4 Å². The molecular formula is C25H27NO8. The van der Waals surface area contributed by atoms with Crippen LogP contribution in [0.4, 0.5) is 0 Å². The normalized spacial score (nSPS) is 33.6. The van der Waals surface area contributed by atoms with Gasteiger partial charge in [0, 0.05) is 23.8 Å². The Balaban J connectivity index is 1.76. The number of aliphatic hydroxyl groups excluding tert-OH is 3. The summed E-state index contributed by atoms with van der Waals surface area (Å²) in [6.07, 6.45) is 1.90. The van der Waals surface area contributed by atoms with Gasteiger partial charge in [0.2, 0.25) is 5.78 Å². The quantitative estimate of drug-likeness (QED) is 0.354. The van der Waals surface area contributed by atoms with Crippen molar-refractivity contribution in [2.24, 2.45) is 17.6 Å². The molecule has 4 aliphatic rings. The third-order valence-corrected chi connectivity index (χ3v) is 8.31. The lowest BCUT2D eigenvalue weighted by atomic mass is 9.55. The highest BCUT2D eigenvalue weighted by Crippen LogP contribution is 2.57. The Morgan fingerprint density at radius 2 is 1.76 bits per heavy atom. The van der Waals surface area contributed by atoms with Crippen molar-refractivity contribution in [1.82, 2.24) is 0 Å². The number of hydrogen-bond acceptors (Lipinski definition) is 8. The number of aromatic hydroxyl groups is 1. The van der Waals surface area contributed by atoms with Crippen molar-refractivity contribution in [1.29, 1.82) is 0 Å². The number of benzene rings is 1. The number of fused-ring (bicyclic) bond motifs is 3. The highest BCUT2D eigenvalue weighted by atomic mass is 16.4. The molecule has 0 aromatic heterocycles. The highest BCUT2D eigenvalue weighted by molar-refractivity contribution is 6.23. The number of ketones is 2. The van der Waals surface area contributed by atoms with E-state index < -0.39 is 70.4 Å². The molecule has 5 rings (SSSR count). The van der Waals surface area contributed by atoms with Crippen LogP contribution in [0.3, 0.4) is 0 Å². The average Bonchev–Trinajstić information content (AvgIpc) is 3.31. The van der Waals surface area contributed by atoms with Crippen LogP contribution in [0.2, 0.25) is 0 Å². The number of hydrogen-bond donors (Lipinski definition) is 6. The standard InChI is InChI=1S/C25H27NO8/c1-9-15-11(10-4-2-3-5-10)6-7-13(27)17(15)21(30)19-16(9)20(29)12-8-14(28)18(24(26)33)22(31)25(12,34)23(19)32/h6-7,9-10,12,16,20,27,29-31,34H,2-5,8H2,1H3,(H2,26,33)/t9-,12+,16+,20+,25+/m0/s1. The Morgan fingerprint density at radius 1 is 1.12 bits per heavy atom. The molecule has 9 heteroatoms. The van der Waals surface area contributed by atoms with E-state index in [-0.39, 0.29) is 22.8 Å². The van der Waals surface area contributed by atoms with Crippen LogP contribution in [-0.4, -0.2) is 54.7 Å². The first-order valence-corrected chi connectivity index (χ1v) is 11.5. The lowest BCUT2D eigenvalue weighted by molar-refractivity contribution is -0.160.